The maximum Gasteiger partial charge on any atom is 0.110 e. The van der Waals surface area contributed by atoms with E-state index < -0.39 is 5.60 Å². The molecule has 0 radical (unpaired) electrons. The summed E-state index contributed by atoms with van der Waals surface area (Å²) >= 11 is 2.16. The molecule has 5 saturated carbocycles. The molecule has 1 heterocycles. The van der Waals surface area contributed by atoms with Crippen molar-refractivity contribution in [2.24, 2.45) is 50.7 Å². The summed E-state index contributed by atoms with van der Waals surface area (Å²) in [4.78, 5) is 0. The predicted octanol–water partition coefficient (Wildman–Crippen LogP) is 7.09. The summed E-state index contributed by atoms with van der Waals surface area (Å²) in [6.07, 6.45) is 10.3. The summed E-state index contributed by atoms with van der Waals surface area (Å²) in [5, 5.41) is 22.6. The van der Waals surface area contributed by atoms with E-state index in [2.05, 4.69) is 64.5 Å². The van der Waals surface area contributed by atoms with Gasteiger partial charge in [-0.05, 0) is 123 Å². The van der Waals surface area contributed by atoms with Crippen molar-refractivity contribution in [2.45, 2.75) is 143 Å². The van der Waals surface area contributed by atoms with Crippen LogP contribution in [0.25, 0.3) is 0 Å². The van der Waals surface area contributed by atoms with Gasteiger partial charge in [-0.2, -0.15) is 0 Å². The molecule has 6 rings (SSSR count). The van der Waals surface area contributed by atoms with Crippen molar-refractivity contribution in [3.63, 3.8) is 0 Å². The predicted molar refractivity (Wildman–Crippen MR) is 151 cm³/mol. The van der Waals surface area contributed by atoms with Crippen molar-refractivity contribution in [1.82, 2.24) is 0 Å². The number of aliphatic hydroxyl groups is 2. The van der Waals surface area contributed by atoms with Crippen molar-refractivity contribution in [2.75, 3.05) is 0 Å². The molecule has 2 N–H and O–H groups in total. The van der Waals surface area contributed by atoms with E-state index in [0.29, 0.717) is 28.8 Å². The third-order valence-electron chi connectivity index (χ3n) is 14.2. The van der Waals surface area contributed by atoms with Gasteiger partial charge in [0.2, 0.25) is 0 Å². The SMILES string of the molecule is C[C@H]1CC2C3(CCC4(C)C([C@@]5(C)CCC(C(C)(C)O)O5)C(O)C[C@@]24C)CC32CCC(OI)C(C)(C)C12. The molecule has 12 atom stereocenters. The molecular formula is C31H51IO4. The number of fused-ring (bicyclic) bond motifs is 2. The van der Waals surface area contributed by atoms with Gasteiger partial charge in [0.05, 0.1) is 29.5 Å². The summed E-state index contributed by atoms with van der Waals surface area (Å²) in [7, 11) is 0. The first kappa shape index (κ1) is 26.8. The fourth-order valence-corrected chi connectivity index (χ4v) is 13.7. The molecule has 36 heavy (non-hydrogen) atoms. The Morgan fingerprint density at radius 1 is 0.917 bits per heavy atom. The second-order valence-corrected chi connectivity index (χ2v) is 16.9. The first-order chi connectivity index (χ1) is 16.5. The Bertz CT molecular complexity index is 930. The van der Waals surface area contributed by atoms with Gasteiger partial charge in [-0.15, -0.1) is 0 Å². The van der Waals surface area contributed by atoms with E-state index in [-0.39, 0.29) is 40.0 Å². The van der Waals surface area contributed by atoms with E-state index in [1.54, 1.807) is 0 Å². The monoisotopic (exact) mass is 614 g/mol. The van der Waals surface area contributed by atoms with Crippen LogP contribution in [0.3, 0.4) is 0 Å². The largest absolute Gasteiger partial charge is 0.393 e. The van der Waals surface area contributed by atoms with E-state index in [9.17, 15) is 10.2 Å². The van der Waals surface area contributed by atoms with E-state index in [1.165, 1.54) is 38.5 Å². The minimum absolute atomic E-state index is 0.0555. The average Bonchev–Trinajstić information content (AvgIpc) is 3.10. The molecule has 0 bridgehead atoms. The molecule has 6 aliphatic rings. The fraction of sp³-hybridized carbons (Fsp3) is 1.00. The van der Waals surface area contributed by atoms with Gasteiger partial charge in [0.1, 0.15) is 23.0 Å². The number of halogens is 1. The summed E-state index contributed by atoms with van der Waals surface area (Å²) in [5.74, 6) is 2.22. The Kier molecular flexibility index (Phi) is 5.69. The van der Waals surface area contributed by atoms with Crippen molar-refractivity contribution in [3.8, 4) is 0 Å². The first-order valence-electron chi connectivity index (χ1n) is 14.9. The Morgan fingerprint density at radius 3 is 2.22 bits per heavy atom. The number of ether oxygens (including phenoxy) is 1. The van der Waals surface area contributed by atoms with Gasteiger partial charge >= 0.3 is 0 Å². The normalized spacial score (nSPS) is 59.6. The Labute approximate surface area is 233 Å². The Hall–Kier alpha value is 0.570. The Morgan fingerprint density at radius 2 is 1.61 bits per heavy atom. The summed E-state index contributed by atoms with van der Waals surface area (Å²) in [5.41, 5.74) is 0.0969. The number of hydrogen-bond acceptors (Lipinski definition) is 4. The molecule has 1 saturated heterocycles. The third kappa shape index (κ3) is 3.02. The van der Waals surface area contributed by atoms with Crippen molar-refractivity contribution < 1.29 is 18.0 Å². The molecule has 206 valence electrons. The van der Waals surface area contributed by atoms with Crippen LogP contribution in [0.1, 0.15) is 113 Å². The lowest BCUT2D eigenvalue weighted by molar-refractivity contribution is -0.200. The molecule has 5 heteroatoms. The molecule has 5 aliphatic carbocycles. The average molecular weight is 615 g/mol. The minimum atomic E-state index is -0.844. The van der Waals surface area contributed by atoms with Crippen LogP contribution in [0.2, 0.25) is 0 Å². The second kappa shape index (κ2) is 7.64. The van der Waals surface area contributed by atoms with Crippen molar-refractivity contribution >= 4 is 23.0 Å². The Balaban J connectivity index is 1.36. The van der Waals surface area contributed by atoms with Gasteiger partial charge in [0.15, 0.2) is 0 Å². The highest BCUT2D eigenvalue weighted by Gasteiger charge is 2.84. The van der Waals surface area contributed by atoms with Crippen LogP contribution in [-0.4, -0.2) is 39.7 Å². The van der Waals surface area contributed by atoms with E-state index in [1.807, 2.05) is 13.8 Å². The number of rotatable bonds is 3. The number of hydrogen-bond donors (Lipinski definition) is 2. The van der Waals surface area contributed by atoms with Crippen molar-refractivity contribution in [1.29, 1.82) is 0 Å². The maximum atomic E-state index is 11.8. The highest BCUT2D eigenvalue weighted by molar-refractivity contribution is 14.1. The van der Waals surface area contributed by atoms with E-state index >= 15 is 0 Å². The topological polar surface area (TPSA) is 58.9 Å². The first-order valence-corrected chi connectivity index (χ1v) is 15.8. The molecule has 1 aliphatic heterocycles. The standard InChI is InChI=1S/C31H51IO4/c1-18-15-20-28(7)16-19(33)24(29(8)11-9-22(35-29)26(4,5)34)27(28,6)13-14-30(20)17-31(30)12-10-21(36-32)25(2,3)23(18)31/h18-24,33-34H,9-17H2,1-8H3/t18-,19?,20?,21?,22?,23?,24?,27?,28-,29+,30?,31?/m0/s1. The summed E-state index contributed by atoms with van der Waals surface area (Å²) in [6, 6.07) is 0. The lowest BCUT2D eigenvalue weighted by atomic mass is 9.40. The van der Waals surface area contributed by atoms with Gasteiger partial charge < -0.3 is 18.0 Å². The molecule has 0 aromatic rings. The quantitative estimate of drug-likeness (QED) is 0.334. The number of aliphatic hydroxyl groups excluding tert-OH is 1. The molecule has 2 spiro atoms. The van der Waals surface area contributed by atoms with Crippen LogP contribution in [0, 0.1) is 50.7 Å². The molecule has 6 fully saturated rings. The zero-order chi connectivity index (χ0) is 26.3. The van der Waals surface area contributed by atoms with Crippen LogP contribution in [0.5, 0.6) is 0 Å². The molecule has 9 unspecified atom stereocenters. The van der Waals surface area contributed by atoms with Crippen molar-refractivity contribution in [3.05, 3.63) is 0 Å². The van der Waals surface area contributed by atoms with E-state index in [4.69, 9.17) is 7.80 Å². The highest BCUT2D eigenvalue weighted by atomic mass is 127. The minimum Gasteiger partial charge on any atom is -0.393 e. The highest BCUT2D eigenvalue weighted by Crippen LogP contribution is 2.90. The molecular weight excluding hydrogens is 563 g/mol. The zero-order valence-corrected chi connectivity index (χ0v) is 26.2. The fourth-order valence-electron chi connectivity index (χ4n) is 12.8. The van der Waals surface area contributed by atoms with Crippen LogP contribution >= 0.6 is 23.0 Å². The van der Waals surface area contributed by atoms with Gasteiger partial charge in [-0.3, -0.25) is 0 Å². The molecule has 0 aromatic carbocycles. The van der Waals surface area contributed by atoms with Crippen LogP contribution < -0.4 is 0 Å². The van der Waals surface area contributed by atoms with Gasteiger partial charge in [0, 0.05) is 5.92 Å². The summed E-state index contributed by atoms with van der Waals surface area (Å²) < 4.78 is 12.8. The lowest BCUT2D eigenvalue weighted by Gasteiger charge is -2.65. The van der Waals surface area contributed by atoms with Crippen LogP contribution in [0.4, 0.5) is 0 Å². The zero-order valence-electron chi connectivity index (χ0n) is 24.0. The molecule has 0 aromatic heterocycles. The molecule has 4 nitrogen and oxygen atoms in total. The van der Waals surface area contributed by atoms with Gasteiger partial charge in [0.25, 0.3) is 0 Å². The lowest BCUT2D eigenvalue weighted by Crippen LogP contribution is -2.60. The van der Waals surface area contributed by atoms with E-state index in [0.717, 1.165) is 25.2 Å². The maximum absolute atomic E-state index is 11.8. The van der Waals surface area contributed by atoms with Crippen LogP contribution in [0.15, 0.2) is 0 Å². The smallest absolute Gasteiger partial charge is 0.110 e. The van der Waals surface area contributed by atoms with Gasteiger partial charge in [-0.1, -0.05) is 34.6 Å². The third-order valence-corrected chi connectivity index (χ3v) is 14.8. The molecule has 0 amide bonds. The summed E-state index contributed by atoms with van der Waals surface area (Å²) in [6.45, 7) is 18.6. The van der Waals surface area contributed by atoms with Gasteiger partial charge in [-0.25, -0.2) is 0 Å². The van der Waals surface area contributed by atoms with Crippen LogP contribution in [-0.2, 0) is 7.80 Å². The second-order valence-electron chi connectivity index (χ2n) is 16.4.